The summed E-state index contributed by atoms with van der Waals surface area (Å²) < 4.78 is 10.2. The van der Waals surface area contributed by atoms with Gasteiger partial charge in [0.2, 0.25) is 0 Å². The Bertz CT molecular complexity index is 267. The first-order valence-electron chi connectivity index (χ1n) is 5.55. The number of hydrogen-bond acceptors (Lipinski definition) is 4. The van der Waals surface area contributed by atoms with Gasteiger partial charge in [0.1, 0.15) is 0 Å². The van der Waals surface area contributed by atoms with Crippen molar-refractivity contribution in [3.05, 3.63) is 0 Å². The molecule has 0 bridgehead atoms. The van der Waals surface area contributed by atoms with Crippen molar-refractivity contribution in [2.24, 2.45) is 11.8 Å². The SMILES string of the molecule is COC1O[C@H]([C@](C)([Hg+])C(=O)[O-])[C@@H](C)C[C@H]1C. The van der Waals surface area contributed by atoms with Crippen LogP contribution in [0, 0.1) is 11.8 Å². The van der Waals surface area contributed by atoms with E-state index in [1.54, 1.807) is 14.0 Å². The Morgan fingerprint density at radius 3 is 2.50 bits per heavy atom. The second-order valence-corrected chi connectivity index (χ2v) is 10.8. The average molecular weight is 415 g/mol. The number of methoxy groups -OCH3 is 1. The van der Waals surface area contributed by atoms with Gasteiger partial charge < -0.3 is 0 Å². The molecule has 4 nitrogen and oxygen atoms in total. The van der Waals surface area contributed by atoms with Gasteiger partial charge in [-0.3, -0.25) is 0 Å². The molecular weight excluding hydrogens is 397 g/mol. The van der Waals surface area contributed by atoms with Gasteiger partial charge in [0, 0.05) is 0 Å². The molecule has 5 atom stereocenters. The van der Waals surface area contributed by atoms with Crippen molar-refractivity contribution in [1.82, 2.24) is 0 Å². The van der Waals surface area contributed by atoms with Gasteiger partial charge in [0.15, 0.2) is 0 Å². The minimum absolute atomic E-state index is 0.0508. The van der Waals surface area contributed by atoms with Crippen LogP contribution >= 0.6 is 0 Å². The van der Waals surface area contributed by atoms with E-state index in [4.69, 9.17) is 9.47 Å². The molecule has 1 fully saturated rings. The summed E-state index contributed by atoms with van der Waals surface area (Å²) in [6.07, 6.45) is 0.369. The van der Waals surface area contributed by atoms with Gasteiger partial charge in [-0.1, -0.05) is 0 Å². The van der Waals surface area contributed by atoms with Crippen LogP contribution in [0.2, 0.25) is 2.92 Å². The van der Waals surface area contributed by atoms with E-state index in [9.17, 15) is 9.90 Å². The van der Waals surface area contributed by atoms with E-state index < -0.39 is 8.89 Å². The van der Waals surface area contributed by atoms with E-state index in [1.165, 1.54) is 0 Å². The molecule has 0 aromatic heterocycles. The normalized spacial score (nSPS) is 39.1. The summed E-state index contributed by atoms with van der Waals surface area (Å²) >= 11 is 0.0508. The third-order valence-corrected chi connectivity index (χ3v) is 6.02. The van der Waals surface area contributed by atoms with Gasteiger partial charge in [-0.05, 0) is 0 Å². The molecule has 0 amide bonds. The molecule has 0 aromatic rings. The van der Waals surface area contributed by atoms with Crippen LogP contribution in [0.1, 0.15) is 27.2 Å². The van der Waals surface area contributed by atoms with E-state index in [0.29, 0.717) is 5.92 Å². The zero-order chi connectivity index (χ0) is 12.5. The van der Waals surface area contributed by atoms with Gasteiger partial charge in [-0.15, -0.1) is 0 Å². The Balaban J connectivity index is 2.84. The fraction of sp³-hybridized carbons (Fsp3) is 0.909. The van der Waals surface area contributed by atoms with Crippen molar-refractivity contribution in [2.75, 3.05) is 7.11 Å². The Labute approximate surface area is 113 Å². The molecule has 1 unspecified atom stereocenters. The summed E-state index contributed by atoms with van der Waals surface area (Å²) in [5.41, 5.74) is 0. The summed E-state index contributed by atoms with van der Waals surface area (Å²) in [5.74, 6) is -0.443. The summed E-state index contributed by atoms with van der Waals surface area (Å²) in [6, 6.07) is 0. The molecule has 0 spiro atoms. The van der Waals surface area contributed by atoms with Gasteiger partial charge in [0.05, 0.1) is 0 Å². The zero-order valence-corrected chi connectivity index (χ0v) is 15.9. The van der Waals surface area contributed by atoms with Crippen molar-refractivity contribution < 1.29 is 45.5 Å². The summed E-state index contributed by atoms with van der Waals surface area (Å²) in [4.78, 5) is 11.2. The maximum absolute atomic E-state index is 11.2. The first-order chi connectivity index (χ1) is 7.30. The standard InChI is InChI=1S/C11H19O4.Hg/c1-6-5-7(2)11(14-4)15-9(6)8(3)10(12)13;/h6-7,9,11H,5H2,1-4H3,(H,12,13);/q;+1/p-1/t6-,7+,9-,11?;/m0./s1. The molecule has 5 heteroatoms. The predicted octanol–water partition coefficient (Wildman–Crippen LogP) is 0.495. The van der Waals surface area contributed by atoms with Crippen LogP contribution in [0.5, 0.6) is 0 Å². The quantitative estimate of drug-likeness (QED) is 0.631. The van der Waals surface area contributed by atoms with Crippen molar-refractivity contribution in [2.45, 2.75) is 42.5 Å². The van der Waals surface area contributed by atoms with Gasteiger partial charge in [-0.25, -0.2) is 0 Å². The Morgan fingerprint density at radius 2 is 2.06 bits per heavy atom. The van der Waals surface area contributed by atoms with E-state index >= 15 is 0 Å². The Hall–Kier alpha value is 0.325. The molecule has 1 saturated heterocycles. The van der Waals surface area contributed by atoms with Gasteiger partial charge >= 0.3 is 113 Å². The fourth-order valence-electron chi connectivity index (χ4n) is 2.42. The number of ether oxygens (including phenoxy) is 2. The first kappa shape index (κ1) is 14.4. The molecule has 0 N–H and O–H groups in total. The number of carboxylic acid groups (broad SMARTS) is 1. The van der Waals surface area contributed by atoms with E-state index in [1.807, 2.05) is 6.92 Å². The second kappa shape index (κ2) is 5.31. The number of carbonyl (C=O) groups excluding carboxylic acids is 1. The number of hydrogen-bond donors (Lipinski definition) is 0. The Morgan fingerprint density at radius 1 is 1.50 bits per heavy atom. The first-order valence-corrected chi connectivity index (χ1v) is 8.30. The molecule has 88 valence electrons. The monoisotopic (exact) mass is 416 g/mol. The molecular formula is C11H18HgO4. The van der Waals surface area contributed by atoms with E-state index in [2.05, 4.69) is 6.92 Å². The van der Waals surface area contributed by atoms with Crippen LogP contribution in [-0.4, -0.2) is 25.5 Å². The van der Waals surface area contributed by atoms with Crippen LogP contribution in [0.25, 0.3) is 0 Å². The van der Waals surface area contributed by atoms with E-state index in [-0.39, 0.29) is 44.4 Å². The Kier molecular flexibility index (Phi) is 4.78. The molecule has 0 aromatic carbocycles. The molecule has 1 aliphatic rings. The van der Waals surface area contributed by atoms with Crippen LogP contribution in [0.4, 0.5) is 0 Å². The van der Waals surface area contributed by atoms with E-state index in [0.717, 1.165) is 6.42 Å². The number of carboxylic acids is 1. The van der Waals surface area contributed by atoms with Crippen molar-refractivity contribution >= 4 is 5.97 Å². The molecule has 1 aliphatic heterocycles. The molecule has 1 rings (SSSR count). The van der Waals surface area contributed by atoms with Crippen molar-refractivity contribution in [1.29, 1.82) is 0 Å². The summed E-state index contributed by atoms with van der Waals surface area (Å²) in [5, 5.41) is 11.2. The zero-order valence-electron chi connectivity index (χ0n) is 10.4. The average Bonchev–Trinajstić information content (AvgIpc) is 2.17. The molecule has 0 aliphatic carbocycles. The summed E-state index contributed by atoms with van der Waals surface area (Å²) in [7, 11) is 1.60. The van der Waals surface area contributed by atoms with Crippen LogP contribution in [-0.2, 0) is 40.4 Å². The molecule has 0 saturated carbocycles. The molecule has 0 radical (unpaired) electrons. The van der Waals surface area contributed by atoms with Crippen LogP contribution in [0.15, 0.2) is 0 Å². The fourth-order valence-corrected chi connectivity index (χ4v) is 4.35. The minimum atomic E-state index is -0.989. The third-order valence-electron chi connectivity index (χ3n) is 3.33. The number of carbonyl (C=O) groups is 1. The maximum atomic E-state index is 11.2. The second-order valence-electron chi connectivity index (χ2n) is 5.06. The number of aliphatic carboxylic acids is 1. The summed E-state index contributed by atoms with van der Waals surface area (Å²) in [6.45, 7) is 5.84. The van der Waals surface area contributed by atoms with Gasteiger partial charge in [-0.2, -0.15) is 0 Å². The molecule has 16 heavy (non-hydrogen) atoms. The number of rotatable bonds is 3. The topological polar surface area (TPSA) is 58.6 Å². The van der Waals surface area contributed by atoms with Gasteiger partial charge in [0.25, 0.3) is 0 Å². The van der Waals surface area contributed by atoms with Crippen LogP contribution < -0.4 is 5.11 Å². The van der Waals surface area contributed by atoms with Crippen molar-refractivity contribution in [3.8, 4) is 0 Å². The predicted molar refractivity (Wildman–Crippen MR) is 52.0 cm³/mol. The van der Waals surface area contributed by atoms with Crippen LogP contribution in [0.3, 0.4) is 0 Å². The van der Waals surface area contributed by atoms with Crippen molar-refractivity contribution in [3.63, 3.8) is 0 Å². The third kappa shape index (κ3) is 2.77. The molecule has 1 heterocycles.